The average Bonchev–Trinajstić information content (AvgIpc) is 2.85. The van der Waals surface area contributed by atoms with E-state index >= 15 is 0 Å². The number of aromatic nitrogens is 1. The molecule has 0 saturated carbocycles. The Balaban J connectivity index is 2.08. The third kappa shape index (κ3) is 2.64. The van der Waals surface area contributed by atoms with Gasteiger partial charge in [-0.1, -0.05) is 38.1 Å². The van der Waals surface area contributed by atoms with Gasteiger partial charge in [0, 0.05) is 34.4 Å². The van der Waals surface area contributed by atoms with E-state index in [0.717, 1.165) is 13.0 Å². The molecule has 0 aliphatic rings. The van der Waals surface area contributed by atoms with Crippen LogP contribution in [0.25, 0.3) is 21.8 Å². The van der Waals surface area contributed by atoms with Gasteiger partial charge in [-0.2, -0.15) is 0 Å². The summed E-state index contributed by atoms with van der Waals surface area (Å²) in [6.45, 7) is 7.70. The molecule has 3 aromatic rings. The van der Waals surface area contributed by atoms with Crippen LogP contribution in [0.5, 0.6) is 0 Å². The Kier molecular flexibility index (Phi) is 4.21. The van der Waals surface area contributed by atoms with Crippen LogP contribution in [0.1, 0.15) is 45.2 Å². The third-order valence-corrected chi connectivity index (χ3v) is 4.60. The van der Waals surface area contributed by atoms with Crippen LogP contribution in [-0.4, -0.2) is 4.57 Å². The monoisotopic (exact) mass is 294 g/mol. The first-order chi connectivity index (χ1) is 10.6. The van der Waals surface area contributed by atoms with Crippen molar-refractivity contribution in [3.8, 4) is 0 Å². The van der Waals surface area contributed by atoms with Crippen LogP contribution in [-0.2, 0) is 6.54 Å². The second-order valence-electron chi connectivity index (χ2n) is 6.62. The molecule has 2 N–H and O–H groups in total. The number of nitrogens with two attached hydrogens (primary N) is 1. The fraction of sp³-hybridized carbons (Fsp3) is 0.400. The maximum atomic E-state index is 6.41. The Morgan fingerprint density at radius 1 is 0.955 bits per heavy atom. The summed E-state index contributed by atoms with van der Waals surface area (Å²) in [4.78, 5) is 0. The molecule has 0 amide bonds. The van der Waals surface area contributed by atoms with Gasteiger partial charge < -0.3 is 10.3 Å². The molecule has 0 radical (unpaired) electrons. The normalized spacial score (nSPS) is 13.3. The van der Waals surface area contributed by atoms with Crippen molar-refractivity contribution in [2.75, 3.05) is 0 Å². The van der Waals surface area contributed by atoms with Gasteiger partial charge in [-0.3, -0.25) is 0 Å². The summed E-state index contributed by atoms with van der Waals surface area (Å²) >= 11 is 0. The smallest absolute Gasteiger partial charge is 0.0491 e. The molecule has 2 heteroatoms. The van der Waals surface area contributed by atoms with E-state index in [9.17, 15) is 0 Å². The largest absolute Gasteiger partial charge is 0.341 e. The van der Waals surface area contributed by atoms with E-state index in [-0.39, 0.29) is 6.04 Å². The molecule has 0 fully saturated rings. The molecule has 0 saturated heterocycles. The standard InChI is InChI=1S/C20H26N2/c1-4-22-19-8-6-5-7-16(19)17-13-15(10-12-20(17)22)18(21)11-9-14(2)3/h5-8,10,12-14,18H,4,9,11,21H2,1-3H3/t18-/m1/s1. The summed E-state index contributed by atoms with van der Waals surface area (Å²) in [6.07, 6.45) is 2.23. The van der Waals surface area contributed by atoms with Gasteiger partial charge in [0.05, 0.1) is 0 Å². The number of aryl methyl sites for hydroxylation is 1. The van der Waals surface area contributed by atoms with Crippen molar-refractivity contribution in [1.82, 2.24) is 4.57 Å². The van der Waals surface area contributed by atoms with E-state index in [4.69, 9.17) is 5.73 Å². The lowest BCUT2D eigenvalue weighted by Gasteiger charge is -2.14. The number of rotatable bonds is 5. The fourth-order valence-corrected chi connectivity index (χ4v) is 3.32. The molecule has 0 spiro atoms. The molecule has 0 aliphatic heterocycles. The highest BCUT2D eigenvalue weighted by molar-refractivity contribution is 6.08. The van der Waals surface area contributed by atoms with E-state index in [0.29, 0.717) is 5.92 Å². The highest BCUT2D eigenvalue weighted by atomic mass is 15.0. The van der Waals surface area contributed by atoms with Gasteiger partial charge in [-0.05, 0) is 49.4 Å². The zero-order chi connectivity index (χ0) is 15.7. The van der Waals surface area contributed by atoms with E-state index in [1.165, 1.54) is 33.8 Å². The highest BCUT2D eigenvalue weighted by Crippen LogP contribution is 2.31. The number of hydrogen-bond donors (Lipinski definition) is 1. The zero-order valence-electron chi connectivity index (χ0n) is 13.8. The summed E-state index contributed by atoms with van der Waals surface area (Å²) in [5, 5.41) is 2.66. The van der Waals surface area contributed by atoms with Crippen molar-refractivity contribution in [2.24, 2.45) is 11.7 Å². The molecule has 1 heterocycles. The van der Waals surface area contributed by atoms with Crippen LogP contribution in [0, 0.1) is 5.92 Å². The summed E-state index contributed by atoms with van der Waals surface area (Å²) in [5.74, 6) is 0.705. The molecule has 2 aromatic carbocycles. The van der Waals surface area contributed by atoms with Gasteiger partial charge in [0.25, 0.3) is 0 Å². The molecule has 3 rings (SSSR count). The molecule has 1 aromatic heterocycles. The number of para-hydroxylation sites is 1. The lowest BCUT2D eigenvalue weighted by molar-refractivity contribution is 0.507. The lowest BCUT2D eigenvalue weighted by Crippen LogP contribution is -2.11. The number of benzene rings is 2. The zero-order valence-corrected chi connectivity index (χ0v) is 13.8. The Morgan fingerprint density at radius 3 is 2.41 bits per heavy atom. The minimum absolute atomic E-state index is 0.135. The molecular formula is C20H26N2. The number of nitrogens with zero attached hydrogens (tertiary/aromatic N) is 1. The molecule has 1 atom stereocenters. The quantitative estimate of drug-likeness (QED) is 0.684. The van der Waals surface area contributed by atoms with E-state index in [1.54, 1.807) is 0 Å². The van der Waals surface area contributed by atoms with Crippen LogP contribution < -0.4 is 5.73 Å². The minimum Gasteiger partial charge on any atom is -0.341 e. The topological polar surface area (TPSA) is 30.9 Å². The minimum atomic E-state index is 0.135. The third-order valence-electron chi connectivity index (χ3n) is 4.60. The van der Waals surface area contributed by atoms with E-state index < -0.39 is 0 Å². The van der Waals surface area contributed by atoms with Crippen molar-refractivity contribution < 1.29 is 0 Å². The predicted molar refractivity (Wildman–Crippen MR) is 96.1 cm³/mol. The second kappa shape index (κ2) is 6.13. The molecule has 2 nitrogen and oxygen atoms in total. The Bertz CT molecular complexity index is 783. The van der Waals surface area contributed by atoms with Gasteiger partial charge in [0.2, 0.25) is 0 Å². The van der Waals surface area contributed by atoms with Crippen LogP contribution in [0.15, 0.2) is 42.5 Å². The maximum Gasteiger partial charge on any atom is 0.0491 e. The molecular weight excluding hydrogens is 268 g/mol. The SMILES string of the molecule is CCn1c2ccccc2c2cc([C@H](N)CCC(C)C)ccc21. The van der Waals surface area contributed by atoms with Crippen molar-refractivity contribution in [3.63, 3.8) is 0 Å². The molecule has 0 bridgehead atoms. The predicted octanol–water partition coefficient (Wildman–Crippen LogP) is 5.25. The van der Waals surface area contributed by atoms with Crippen LogP contribution in [0.3, 0.4) is 0 Å². The van der Waals surface area contributed by atoms with E-state index in [1.807, 2.05) is 0 Å². The molecule has 0 aliphatic carbocycles. The first kappa shape index (κ1) is 15.1. The van der Waals surface area contributed by atoms with Gasteiger partial charge >= 0.3 is 0 Å². The first-order valence-corrected chi connectivity index (χ1v) is 8.38. The van der Waals surface area contributed by atoms with Crippen molar-refractivity contribution in [1.29, 1.82) is 0 Å². The average molecular weight is 294 g/mol. The Hall–Kier alpha value is -1.80. The van der Waals surface area contributed by atoms with Crippen LogP contribution >= 0.6 is 0 Å². The van der Waals surface area contributed by atoms with Crippen molar-refractivity contribution >= 4 is 21.8 Å². The first-order valence-electron chi connectivity index (χ1n) is 8.38. The molecule has 0 unspecified atom stereocenters. The van der Waals surface area contributed by atoms with E-state index in [2.05, 4.69) is 67.8 Å². The Morgan fingerprint density at radius 2 is 1.68 bits per heavy atom. The lowest BCUT2D eigenvalue weighted by atomic mass is 9.97. The number of hydrogen-bond acceptors (Lipinski definition) is 1. The van der Waals surface area contributed by atoms with Crippen molar-refractivity contribution in [2.45, 2.75) is 46.2 Å². The molecule has 116 valence electrons. The molecule has 22 heavy (non-hydrogen) atoms. The summed E-state index contributed by atoms with van der Waals surface area (Å²) < 4.78 is 2.38. The van der Waals surface area contributed by atoms with Gasteiger partial charge in [0.1, 0.15) is 0 Å². The second-order valence-corrected chi connectivity index (χ2v) is 6.62. The maximum absolute atomic E-state index is 6.41. The fourth-order valence-electron chi connectivity index (χ4n) is 3.32. The summed E-state index contributed by atoms with van der Waals surface area (Å²) in [7, 11) is 0. The summed E-state index contributed by atoms with van der Waals surface area (Å²) in [5.41, 5.74) is 10.3. The van der Waals surface area contributed by atoms with Gasteiger partial charge in [-0.15, -0.1) is 0 Å². The number of fused-ring (bicyclic) bond motifs is 3. The van der Waals surface area contributed by atoms with Gasteiger partial charge in [0.15, 0.2) is 0 Å². The summed E-state index contributed by atoms with van der Waals surface area (Å²) in [6, 6.07) is 15.5. The Labute approximate surface area is 132 Å². The van der Waals surface area contributed by atoms with Crippen LogP contribution in [0.4, 0.5) is 0 Å². The highest BCUT2D eigenvalue weighted by Gasteiger charge is 2.12. The van der Waals surface area contributed by atoms with Gasteiger partial charge in [-0.25, -0.2) is 0 Å². The van der Waals surface area contributed by atoms with Crippen LogP contribution in [0.2, 0.25) is 0 Å². The van der Waals surface area contributed by atoms with Crippen molar-refractivity contribution in [3.05, 3.63) is 48.0 Å².